The first kappa shape index (κ1) is 15.5. The second-order valence-electron chi connectivity index (χ2n) is 3.27. The highest BCUT2D eigenvalue weighted by atomic mass is 32.2. The smallest absolute Gasteiger partial charge is 0.302 e. The average molecular weight is 264 g/mol. The number of ether oxygens (including phenoxy) is 1. The molecular formula is C10H16O4S2. The average Bonchev–Trinajstić information content (AvgIpc) is 2.09. The molecule has 0 rings (SSSR count). The molecule has 0 radical (unpaired) electrons. The molecule has 2 atom stereocenters. The van der Waals surface area contributed by atoms with Crippen molar-refractivity contribution in [3.05, 3.63) is 0 Å². The van der Waals surface area contributed by atoms with Gasteiger partial charge in [0.15, 0.2) is 10.2 Å². The van der Waals surface area contributed by atoms with E-state index in [9.17, 15) is 14.4 Å². The summed E-state index contributed by atoms with van der Waals surface area (Å²) < 4.78 is 4.87. The third-order valence-electron chi connectivity index (χ3n) is 1.64. The lowest BCUT2D eigenvalue weighted by molar-refractivity contribution is -0.140. The van der Waals surface area contributed by atoms with Crippen molar-refractivity contribution in [2.45, 2.75) is 38.2 Å². The Morgan fingerprint density at radius 1 is 1.06 bits per heavy atom. The van der Waals surface area contributed by atoms with Crippen LogP contribution < -0.4 is 0 Å². The van der Waals surface area contributed by atoms with E-state index in [4.69, 9.17) is 4.74 Å². The maximum absolute atomic E-state index is 11.0. The number of rotatable bonds is 5. The Kier molecular flexibility index (Phi) is 7.49. The topological polar surface area (TPSA) is 60.4 Å². The van der Waals surface area contributed by atoms with Gasteiger partial charge in [-0.25, -0.2) is 0 Å². The fourth-order valence-corrected chi connectivity index (χ4v) is 2.86. The second kappa shape index (κ2) is 7.73. The summed E-state index contributed by atoms with van der Waals surface area (Å²) in [5.74, 6) is -0.380. The van der Waals surface area contributed by atoms with Gasteiger partial charge in [0, 0.05) is 26.0 Å². The van der Waals surface area contributed by atoms with Crippen LogP contribution in [-0.4, -0.2) is 33.3 Å². The Morgan fingerprint density at radius 2 is 1.56 bits per heavy atom. The first-order valence-electron chi connectivity index (χ1n) is 4.80. The number of carbonyl (C=O) groups is 3. The van der Waals surface area contributed by atoms with Gasteiger partial charge in [-0.15, -0.1) is 0 Å². The molecule has 0 aliphatic carbocycles. The summed E-state index contributed by atoms with van der Waals surface area (Å²) in [4.78, 5) is 32.6. The van der Waals surface area contributed by atoms with Gasteiger partial charge in [-0.2, -0.15) is 0 Å². The Hall–Kier alpha value is -0.490. The predicted octanol–water partition coefficient (Wildman–Crippen LogP) is 1.87. The van der Waals surface area contributed by atoms with Crippen LogP contribution in [0.5, 0.6) is 0 Å². The zero-order chi connectivity index (χ0) is 12.7. The van der Waals surface area contributed by atoms with Crippen molar-refractivity contribution in [1.29, 1.82) is 0 Å². The van der Waals surface area contributed by atoms with Gasteiger partial charge in [0.2, 0.25) is 0 Å². The molecule has 0 saturated heterocycles. The molecule has 0 aromatic rings. The quantitative estimate of drug-likeness (QED) is 0.706. The molecule has 16 heavy (non-hydrogen) atoms. The van der Waals surface area contributed by atoms with Crippen LogP contribution in [0.1, 0.15) is 27.7 Å². The fraction of sp³-hybridized carbons (Fsp3) is 0.700. The lowest BCUT2D eigenvalue weighted by atomic mass is 10.3. The second-order valence-corrected chi connectivity index (χ2v) is 6.24. The van der Waals surface area contributed by atoms with Crippen molar-refractivity contribution in [2.75, 3.05) is 6.61 Å². The number of carbonyl (C=O) groups excluding carboxylic acids is 3. The molecule has 0 aromatic heterocycles. The van der Waals surface area contributed by atoms with Crippen molar-refractivity contribution < 1.29 is 19.1 Å². The fourth-order valence-electron chi connectivity index (χ4n) is 1.02. The van der Waals surface area contributed by atoms with Gasteiger partial charge in [-0.05, 0) is 0 Å². The largest absolute Gasteiger partial charge is 0.465 e. The summed E-state index contributed by atoms with van der Waals surface area (Å²) in [7, 11) is 0. The van der Waals surface area contributed by atoms with Gasteiger partial charge in [0.05, 0.1) is 5.25 Å². The van der Waals surface area contributed by atoms with E-state index in [2.05, 4.69) is 0 Å². The molecule has 0 spiro atoms. The van der Waals surface area contributed by atoms with Crippen molar-refractivity contribution in [1.82, 2.24) is 0 Å². The van der Waals surface area contributed by atoms with Gasteiger partial charge in [-0.1, -0.05) is 30.4 Å². The molecule has 0 aliphatic heterocycles. The van der Waals surface area contributed by atoms with Crippen LogP contribution >= 0.6 is 23.5 Å². The molecule has 0 aromatic carbocycles. The van der Waals surface area contributed by atoms with Gasteiger partial charge in [-0.3, -0.25) is 14.4 Å². The Bertz CT molecular complexity index is 278. The highest BCUT2D eigenvalue weighted by molar-refractivity contribution is 8.17. The maximum atomic E-state index is 11.0. The number of hydrogen-bond donors (Lipinski definition) is 0. The normalized spacial score (nSPS) is 14.0. The predicted molar refractivity (Wildman–Crippen MR) is 66.4 cm³/mol. The van der Waals surface area contributed by atoms with Crippen molar-refractivity contribution >= 4 is 39.7 Å². The van der Waals surface area contributed by atoms with Gasteiger partial charge < -0.3 is 4.74 Å². The van der Waals surface area contributed by atoms with E-state index in [0.29, 0.717) is 0 Å². The SMILES string of the molecule is CC(=O)OCC(SC(C)=O)C(C)SC(C)=O. The summed E-state index contributed by atoms with van der Waals surface area (Å²) in [5, 5.41) is -0.307. The van der Waals surface area contributed by atoms with Crippen LogP contribution in [-0.2, 0) is 19.1 Å². The zero-order valence-electron chi connectivity index (χ0n) is 9.81. The molecular weight excluding hydrogens is 248 g/mol. The number of esters is 1. The Morgan fingerprint density at radius 3 is 1.94 bits per heavy atom. The molecule has 92 valence electrons. The standard InChI is InChI=1S/C10H16O4S2/c1-6(15-8(3)12)10(16-9(4)13)5-14-7(2)11/h6,10H,5H2,1-4H3. The third-order valence-corrected chi connectivity index (χ3v) is 4.03. The van der Waals surface area contributed by atoms with Crippen LogP contribution in [0.3, 0.4) is 0 Å². The van der Waals surface area contributed by atoms with Gasteiger partial charge in [0.25, 0.3) is 0 Å². The molecule has 0 aliphatic rings. The Balaban J connectivity index is 4.33. The van der Waals surface area contributed by atoms with E-state index in [0.717, 1.165) is 23.5 Å². The molecule has 6 heteroatoms. The molecule has 0 amide bonds. The first-order chi connectivity index (χ1) is 7.32. The van der Waals surface area contributed by atoms with Crippen LogP contribution in [0.4, 0.5) is 0 Å². The van der Waals surface area contributed by atoms with E-state index in [1.54, 1.807) is 0 Å². The Labute approximate surface area is 104 Å². The van der Waals surface area contributed by atoms with E-state index in [1.165, 1.54) is 20.8 Å². The van der Waals surface area contributed by atoms with Crippen molar-refractivity contribution in [3.63, 3.8) is 0 Å². The van der Waals surface area contributed by atoms with Crippen LogP contribution in [0.2, 0.25) is 0 Å². The van der Waals surface area contributed by atoms with Gasteiger partial charge >= 0.3 is 5.97 Å². The van der Waals surface area contributed by atoms with Crippen LogP contribution in [0.25, 0.3) is 0 Å². The van der Waals surface area contributed by atoms with E-state index in [1.807, 2.05) is 6.92 Å². The molecule has 0 N–H and O–H groups in total. The third kappa shape index (κ3) is 7.76. The molecule has 0 bridgehead atoms. The van der Waals surface area contributed by atoms with Crippen LogP contribution in [0, 0.1) is 0 Å². The monoisotopic (exact) mass is 264 g/mol. The van der Waals surface area contributed by atoms with E-state index < -0.39 is 0 Å². The van der Waals surface area contributed by atoms with Crippen molar-refractivity contribution in [3.8, 4) is 0 Å². The maximum Gasteiger partial charge on any atom is 0.302 e. The highest BCUT2D eigenvalue weighted by Crippen LogP contribution is 2.25. The first-order valence-corrected chi connectivity index (χ1v) is 6.56. The molecule has 2 unspecified atom stereocenters. The minimum Gasteiger partial charge on any atom is -0.465 e. The summed E-state index contributed by atoms with van der Waals surface area (Å²) in [6.07, 6.45) is 0. The van der Waals surface area contributed by atoms with Crippen molar-refractivity contribution in [2.24, 2.45) is 0 Å². The minimum absolute atomic E-state index is 0.00974. The lowest BCUT2D eigenvalue weighted by Gasteiger charge is -2.20. The number of thioether (sulfide) groups is 2. The highest BCUT2D eigenvalue weighted by Gasteiger charge is 2.23. The molecule has 0 heterocycles. The molecule has 4 nitrogen and oxygen atoms in total. The lowest BCUT2D eigenvalue weighted by Crippen LogP contribution is -2.26. The zero-order valence-corrected chi connectivity index (χ0v) is 11.4. The van der Waals surface area contributed by atoms with Gasteiger partial charge in [0.1, 0.15) is 6.61 Å². The summed E-state index contributed by atoms with van der Waals surface area (Å²) in [5.41, 5.74) is 0. The molecule has 0 saturated carbocycles. The van der Waals surface area contributed by atoms with Crippen LogP contribution in [0.15, 0.2) is 0 Å². The number of hydrogen-bond acceptors (Lipinski definition) is 6. The van der Waals surface area contributed by atoms with E-state index in [-0.39, 0.29) is 33.3 Å². The summed E-state index contributed by atoms with van der Waals surface area (Å²) >= 11 is 2.26. The van der Waals surface area contributed by atoms with E-state index >= 15 is 0 Å². The summed E-state index contributed by atoms with van der Waals surface area (Å²) in [6.45, 7) is 6.24. The minimum atomic E-state index is -0.380. The summed E-state index contributed by atoms with van der Waals surface area (Å²) in [6, 6.07) is 0. The molecule has 0 fully saturated rings.